The summed E-state index contributed by atoms with van der Waals surface area (Å²) in [4.78, 5) is 25.3. The first kappa shape index (κ1) is 14.8. The molecule has 0 bridgehead atoms. The van der Waals surface area contributed by atoms with Gasteiger partial charge in [-0.15, -0.1) is 11.3 Å². The second-order valence-corrected chi connectivity index (χ2v) is 7.52. The first-order chi connectivity index (χ1) is 11.2. The Labute approximate surface area is 140 Å². The summed E-state index contributed by atoms with van der Waals surface area (Å²) in [5.74, 6) is 1.36. The summed E-state index contributed by atoms with van der Waals surface area (Å²) in [6.07, 6.45) is 7.46. The van der Waals surface area contributed by atoms with Gasteiger partial charge in [-0.3, -0.25) is 4.79 Å². The molecule has 0 radical (unpaired) electrons. The molecule has 1 atom stereocenters. The molecule has 4 rings (SSSR count). The lowest BCUT2D eigenvalue weighted by Gasteiger charge is -2.18. The van der Waals surface area contributed by atoms with E-state index in [0.29, 0.717) is 0 Å². The van der Waals surface area contributed by atoms with Gasteiger partial charge in [0.05, 0.1) is 5.56 Å². The summed E-state index contributed by atoms with van der Waals surface area (Å²) in [6.45, 7) is 3.54. The number of hydrogen-bond acceptors (Lipinski definition) is 4. The number of likely N-dealkylation sites (tertiary alicyclic amines) is 1. The number of fused-ring (bicyclic) bond motifs is 1. The van der Waals surface area contributed by atoms with Gasteiger partial charge in [0.25, 0.3) is 5.91 Å². The first-order valence-corrected chi connectivity index (χ1v) is 9.28. The molecular formula is C18H21N3OS. The maximum absolute atomic E-state index is 12.9. The molecule has 5 heteroatoms. The van der Waals surface area contributed by atoms with Crippen molar-refractivity contribution in [3.63, 3.8) is 0 Å². The van der Waals surface area contributed by atoms with Crippen LogP contribution in [0.3, 0.4) is 0 Å². The first-order valence-electron chi connectivity index (χ1n) is 8.40. The van der Waals surface area contributed by atoms with Gasteiger partial charge >= 0.3 is 0 Å². The fourth-order valence-electron chi connectivity index (χ4n) is 3.66. The van der Waals surface area contributed by atoms with Crippen molar-refractivity contribution >= 4 is 17.2 Å². The summed E-state index contributed by atoms with van der Waals surface area (Å²) in [5.41, 5.74) is 3.27. The standard InChI is InChI=1S/C18H21N3OS/c1-12-6-8-19-17(20-12)13-7-9-21(10-13)18(22)15-11-23-16-5-3-2-4-14(15)16/h6,8,11,13H,2-5,7,9-10H2,1H3/t13-/m0/s1. The lowest BCUT2D eigenvalue weighted by Crippen LogP contribution is -2.29. The van der Waals surface area contributed by atoms with Crippen LogP contribution in [-0.2, 0) is 12.8 Å². The second kappa shape index (κ2) is 6.04. The van der Waals surface area contributed by atoms with Crippen molar-refractivity contribution in [1.82, 2.24) is 14.9 Å². The van der Waals surface area contributed by atoms with Crippen LogP contribution in [0.5, 0.6) is 0 Å². The third-order valence-electron chi connectivity index (χ3n) is 4.95. The molecule has 1 aliphatic heterocycles. The van der Waals surface area contributed by atoms with E-state index in [1.54, 1.807) is 11.3 Å². The van der Waals surface area contributed by atoms with E-state index in [1.807, 2.05) is 24.1 Å². The van der Waals surface area contributed by atoms with E-state index in [-0.39, 0.29) is 11.8 Å². The number of carbonyl (C=O) groups is 1. The van der Waals surface area contributed by atoms with Crippen LogP contribution in [0.15, 0.2) is 17.6 Å². The van der Waals surface area contributed by atoms with Crippen LogP contribution >= 0.6 is 11.3 Å². The Kier molecular flexibility index (Phi) is 3.89. The Morgan fingerprint density at radius 2 is 2.22 bits per heavy atom. The van der Waals surface area contributed by atoms with Crippen LogP contribution in [0.2, 0.25) is 0 Å². The van der Waals surface area contributed by atoms with E-state index in [4.69, 9.17) is 0 Å². The summed E-state index contributed by atoms with van der Waals surface area (Å²) in [5, 5.41) is 2.08. The lowest BCUT2D eigenvalue weighted by atomic mass is 9.95. The fraction of sp³-hybridized carbons (Fsp3) is 0.500. The molecule has 2 aromatic heterocycles. The number of aromatic nitrogens is 2. The third kappa shape index (κ3) is 2.78. The SMILES string of the molecule is Cc1ccnc([C@H]2CCN(C(=O)c3csc4c3CCCC4)C2)n1. The Balaban J connectivity index is 1.51. The maximum atomic E-state index is 12.9. The van der Waals surface area contributed by atoms with Gasteiger partial charge in [0.2, 0.25) is 0 Å². The summed E-state index contributed by atoms with van der Waals surface area (Å²) < 4.78 is 0. The van der Waals surface area contributed by atoms with Crippen LogP contribution in [0.1, 0.15) is 57.5 Å². The zero-order valence-electron chi connectivity index (χ0n) is 13.4. The van der Waals surface area contributed by atoms with Gasteiger partial charge in [0, 0.05) is 41.2 Å². The lowest BCUT2D eigenvalue weighted by molar-refractivity contribution is 0.0790. The fourth-order valence-corrected chi connectivity index (χ4v) is 4.78. The molecule has 3 heterocycles. The van der Waals surface area contributed by atoms with Crippen molar-refractivity contribution in [2.75, 3.05) is 13.1 Å². The minimum absolute atomic E-state index is 0.208. The van der Waals surface area contributed by atoms with Crippen LogP contribution in [-0.4, -0.2) is 33.9 Å². The predicted molar refractivity (Wildman–Crippen MR) is 91.0 cm³/mol. The zero-order chi connectivity index (χ0) is 15.8. The Hall–Kier alpha value is -1.75. The highest BCUT2D eigenvalue weighted by molar-refractivity contribution is 7.10. The summed E-state index contributed by atoms with van der Waals surface area (Å²) >= 11 is 1.77. The molecule has 0 unspecified atom stereocenters. The third-order valence-corrected chi connectivity index (χ3v) is 6.03. The van der Waals surface area contributed by atoms with Crippen molar-refractivity contribution in [2.24, 2.45) is 0 Å². The number of aryl methyl sites for hydroxylation is 2. The van der Waals surface area contributed by atoms with Gasteiger partial charge in [-0.2, -0.15) is 0 Å². The van der Waals surface area contributed by atoms with E-state index in [1.165, 1.54) is 23.3 Å². The van der Waals surface area contributed by atoms with Gasteiger partial charge in [0.15, 0.2) is 0 Å². The molecule has 0 saturated carbocycles. The smallest absolute Gasteiger partial charge is 0.255 e. The van der Waals surface area contributed by atoms with Gasteiger partial charge in [-0.05, 0) is 50.7 Å². The maximum Gasteiger partial charge on any atom is 0.255 e. The van der Waals surface area contributed by atoms with Gasteiger partial charge in [-0.25, -0.2) is 9.97 Å². The van der Waals surface area contributed by atoms with Gasteiger partial charge in [-0.1, -0.05) is 0 Å². The van der Waals surface area contributed by atoms with E-state index >= 15 is 0 Å². The van der Waals surface area contributed by atoms with E-state index < -0.39 is 0 Å². The molecular weight excluding hydrogens is 306 g/mol. The van der Waals surface area contributed by atoms with Crippen molar-refractivity contribution in [2.45, 2.75) is 44.9 Å². The molecule has 2 aliphatic rings. The molecule has 0 N–H and O–H groups in total. The van der Waals surface area contributed by atoms with Crippen LogP contribution in [0.4, 0.5) is 0 Å². The molecule has 120 valence electrons. The number of amides is 1. The molecule has 1 aliphatic carbocycles. The number of rotatable bonds is 2. The molecule has 0 spiro atoms. The number of thiophene rings is 1. The average molecular weight is 327 g/mol. The number of carbonyl (C=O) groups excluding carboxylic acids is 1. The van der Waals surface area contributed by atoms with Crippen LogP contribution in [0, 0.1) is 6.92 Å². The molecule has 1 saturated heterocycles. The topological polar surface area (TPSA) is 46.1 Å². The highest BCUT2D eigenvalue weighted by Crippen LogP contribution is 2.33. The second-order valence-electron chi connectivity index (χ2n) is 6.55. The average Bonchev–Trinajstić information content (AvgIpc) is 3.22. The summed E-state index contributed by atoms with van der Waals surface area (Å²) in [6, 6.07) is 1.92. The van der Waals surface area contributed by atoms with Crippen LogP contribution in [0.25, 0.3) is 0 Å². The largest absolute Gasteiger partial charge is 0.338 e. The highest BCUT2D eigenvalue weighted by Gasteiger charge is 2.31. The molecule has 23 heavy (non-hydrogen) atoms. The van der Waals surface area contributed by atoms with Crippen LogP contribution < -0.4 is 0 Å². The van der Waals surface area contributed by atoms with Gasteiger partial charge in [0.1, 0.15) is 5.82 Å². The Morgan fingerprint density at radius 3 is 3.09 bits per heavy atom. The van der Waals surface area contributed by atoms with Gasteiger partial charge < -0.3 is 4.90 Å². The molecule has 4 nitrogen and oxygen atoms in total. The highest BCUT2D eigenvalue weighted by atomic mass is 32.1. The quantitative estimate of drug-likeness (QED) is 0.850. The molecule has 2 aromatic rings. The number of nitrogens with zero attached hydrogens (tertiary/aromatic N) is 3. The zero-order valence-corrected chi connectivity index (χ0v) is 14.2. The van der Waals surface area contributed by atoms with E-state index in [9.17, 15) is 4.79 Å². The predicted octanol–water partition coefficient (Wildman–Crippen LogP) is 3.36. The van der Waals surface area contributed by atoms with E-state index in [0.717, 1.165) is 49.4 Å². The molecule has 1 amide bonds. The minimum atomic E-state index is 0.208. The normalized spacial score (nSPS) is 20.6. The minimum Gasteiger partial charge on any atom is -0.338 e. The number of hydrogen-bond donors (Lipinski definition) is 0. The van der Waals surface area contributed by atoms with E-state index in [2.05, 4.69) is 15.3 Å². The van der Waals surface area contributed by atoms with Crippen molar-refractivity contribution in [1.29, 1.82) is 0 Å². The molecule has 0 aromatic carbocycles. The Bertz CT molecular complexity index is 740. The Morgan fingerprint density at radius 1 is 1.35 bits per heavy atom. The van der Waals surface area contributed by atoms with Crippen molar-refractivity contribution in [3.05, 3.63) is 45.2 Å². The monoisotopic (exact) mass is 327 g/mol. The molecule has 1 fully saturated rings. The summed E-state index contributed by atoms with van der Waals surface area (Å²) in [7, 11) is 0. The van der Waals surface area contributed by atoms with Crippen molar-refractivity contribution < 1.29 is 4.79 Å². The van der Waals surface area contributed by atoms with Crippen molar-refractivity contribution in [3.8, 4) is 0 Å².